The SMILES string of the molecule is CC(C)(C)c1nc(N)cc(NCc2cncs2)n1. The molecule has 2 aromatic heterocycles. The lowest BCUT2D eigenvalue weighted by Crippen LogP contribution is -2.18. The Hall–Kier alpha value is -1.69. The molecule has 0 aliphatic heterocycles. The van der Waals surface area contributed by atoms with Crippen molar-refractivity contribution in [3.63, 3.8) is 0 Å². The maximum atomic E-state index is 5.80. The van der Waals surface area contributed by atoms with Gasteiger partial charge in [-0.3, -0.25) is 4.98 Å². The maximum Gasteiger partial charge on any atom is 0.138 e. The van der Waals surface area contributed by atoms with Gasteiger partial charge in [-0.2, -0.15) is 0 Å². The summed E-state index contributed by atoms with van der Waals surface area (Å²) in [6.45, 7) is 6.89. The molecule has 3 N–H and O–H groups in total. The van der Waals surface area contributed by atoms with Crippen molar-refractivity contribution in [2.75, 3.05) is 11.1 Å². The number of nitrogens with two attached hydrogens (primary N) is 1. The van der Waals surface area contributed by atoms with Crippen LogP contribution in [0.25, 0.3) is 0 Å². The van der Waals surface area contributed by atoms with Crippen LogP contribution in [0.15, 0.2) is 17.8 Å². The van der Waals surface area contributed by atoms with E-state index in [1.54, 1.807) is 17.4 Å². The van der Waals surface area contributed by atoms with Gasteiger partial charge < -0.3 is 11.1 Å². The van der Waals surface area contributed by atoms with Gasteiger partial charge >= 0.3 is 0 Å². The van der Waals surface area contributed by atoms with Crippen LogP contribution in [0.2, 0.25) is 0 Å². The average molecular weight is 263 g/mol. The minimum Gasteiger partial charge on any atom is -0.384 e. The number of anilines is 2. The minimum absolute atomic E-state index is 0.115. The van der Waals surface area contributed by atoms with Crippen molar-refractivity contribution in [3.05, 3.63) is 28.5 Å². The number of thiazole rings is 1. The Balaban J connectivity index is 2.15. The Bertz CT molecular complexity index is 516. The van der Waals surface area contributed by atoms with Crippen molar-refractivity contribution in [2.24, 2.45) is 0 Å². The van der Waals surface area contributed by atoms with E-state index >= 15 is 0 Å². The van der Waals surface area contributed by atoms with Crippen molar-refractivity contribution in [1.29, 1.82) is 0 Å². The summed E-state index contributed by atoms with van der Waals surface area (Å²) in [6, 6.07) is 1.75. The third kappa shape index (κ3) is 3.16. The molecule has 0 unspecified atom stereocenters. The lowest BCUT2D eigenvalue weighted by Gasteiger charge is -2.18. The molecule has 2 aromatic rings. The molecular weight excluding hydrogens is 246 g/mol. The number of hydrogen-bond donors (Lipinski definition) is 2. The Morgan fingerprint density at radius 3 is 2.72 bits per heavy atom. The lowest BCUT2D eigenvalue weighted by molar-refractivity contribution is 0.547. The largest absolute Gasteiger partial charge is 0.384 e. The van der Waals surface area contributed by atoms with E-state index in [9.17, 15) is 0 Å². The van der Waals surface area contributed by atoms with E-state index in [-0.39, 0.29) is 5.41 Å². The van der Waals surface area contributed by atoms with E-state index in [1.165, 1.54) is 0 Å². The Kier molecular flexibility index (Phi) is 3.47. The van der Waals surface area contributed by atoms with Crippen LogP contribution in [-0.2, 0) is 12.0 Å². The summed E-state index contributed by atoms with van der Waals surface area (Å²) in [5.41, 5.74) is 7.50. The van der Waals surface area contributed by atoms with Gasteiger partial charge in [0.2, 0.25) is 0 Å². The van der Waals surface area contributed by atoms with Crippen molar-refractivity contribution >= 4 is 23.0 Å². The van der Waals surface area contributed by atoms with Gasteiger partial charge in [0.15, 0.2) is 0 Å². The van der Waals surface area contributed by atoms with Crippen LogP contribution in [0.5, 0.6) is 0 Å². The van der Waals surface area contributed by atoms with Crippen LogP contribution in [0.1, 0.15) is 31.5 Å². The van der Waals surface area contributed by atoms with E-state index in [4.69, 9.17) is 5.73 Å². The van der Waals surface area contributed by atoms with Gasteiger partial charge in [0.05, 0.1) is 12.1 Å². The second-order valence-electron chi connectivity index (χ2n) is 5.07. The summed E-state index contributed by atoms with van der Waals surface area (Å²) in [5, 5.41) is 3.24. The number of hydrogen-bond acceptors (Lipinski definition) is 6. The van der Waals surface area contributed by atoms with E-state index in [0.29, 0.717) is 12.4 Å². The zero-order chi connectivity index (χ0) is 13.2. The maximum absolute atomic E-state index is 5.80. The van der Waals surface area contributed by atoms with E-state index in [2.05, 4.69) is 41.0 Å². The van der Waals surface area contributed by atoms with Gasteiger partial charge in [0.1, 0.15) is 17.5 Å². The Morgan fingerprint density at radius 2 is 2.11 bits per heavy atom. The molecule has 0 aliphatic carbocycles. The molecule has 18 heavy (non-hydrogen) atoms. The predicted molar refractivity (Wildman–Crippen MR) is 74.6 cm³/mol. The molecule has 0 aliphatic rings. The molecule has 6 heteroatoms. The summed E-state index contributed by atoms with van der Waals surface area (Å²) < 4.78 is 0. The topological polar surface area (TPSA) is 76.7 Å². The Labute approximate surface area is 111 Å². The quantitative estimate of drug-likeness (QED) is 0.889. The first-order valence-corrected chi connectivity index (χ1v) is 6.59. The molecule has 96 valence electrons. The van der Waals surface area contributed by atoms with Crippen molar-refractivity contribution < 1.29 is 0 Å². The zero-order valence-corrected chi connectivity index (χ0v) is 11.6. The number of aromatic nitrogens is 3. The van der Waals surface area contributed by atoms with Gasteiger partial charge in [-0.05, 0) is 0 Å². The van der Waals surface area contributed by atoms with E-state index in [1.807, 2.05) is 11.7 Å². The first-order valence-electron chi connectivity index (χ1n) is 5.71. The Morgan fingerprint density at radius 1 is 1.33 bits per heavy atom. The van der Waals surface area contributed by atoms with Gasteiger partial charge in [-0.15, -0.1) is 11.3 Å². The first kappa shape index (κ1) is 12.8. The number of nitrogens with zero attached hydrogens (tertiary/aromatic N) is 3. The summed E-state index contributed by atoms with van der Waals surface area (Å²) >= 11 is 1.61. The van der Waals surface area contributed by atoms with E-state index < -0.39 is 0 Å². The minimum atomic E-state index is -0.115. The third-order valence-corrected chi connectivity index (χ3v) is 3.12. The molecule has 2 rings (SSSR count). The molecule has 2 heterocycles. The highest BCUT2D eigenvalue weighted by atomic mass is 32.1. The van der Waals surface area contributed by atoms with Crippen LogP contribution >= 0.6 is 11.3 Å². The van der Waals surface area contributed by atoms with Crippen LogP contribution < -0.4 is 11.1 Å². The lowest BCUT2D eigenvalue weighted by atomic mass is 9.96. The zero-order valence-electron chi connectivity index (χ0n) is 10.8. The molecule has 0 atom stereocenters. The van der Waals surface area contributed by atoms with E-state index in [0.717, 1.165) is 16.5 Å². The predicted octanol–water partition coefficient (Wildman–Crippen LogP) is 2.42. The van der Waals surface area contributed by atoms with Crippen molar-refractivity contribution in [2.45, 2.75) is 32.7 Å². The number of nitrogens with one attached hydrogen (secondary N) is 1. The van der Waals surface area contributed by atoms with Gasteiger partial charge in [-0.1, -0.05) is 20.8 Å². The fourth-order valence-corrected chi connectivity index (χ4v) is 1.93. The summed E-state index contributed by atoms with van der Waals surface area (Å²) in [4.78, 5) is 13.9. The average Bonchev–Trinajstić information content (AvgIpc) is 2.77. The monoisotopic (exact) mass is 263 g/mol. The molecule has 0 radical (unpaired) electrons. The standard InChI is InChI=1S/C12H17N5S/c1-12(2,3)11-16-9(13)4-10(17-11)15-6-8-5-14-7-18-8/h4-5,7H,6H2,1-3H3,(H3,13,15,16,17). The van der Waals surface area contributed by atoms with Gasteiger partial charge in [0.25, 0.3) is 0 Å². The van der Waals surface area contributed by atoms with Crippen molar-refractivity contribution in [1.82, 2.24) is 15.0 Å². The molecule has 0 bridgehead atoms. The fraction of sp³-hybridized carbons (Fsp3) is 0.417. The van der Waals surface area contributed by atoms with Crippen LogP contribution in [0.4, 0.5) is 11.6 Å². The van der Waals surface area contributed by atoms with Crippen LogP contribution in [0.3, 0.4) is 0 Å². The number of rotatable bonds is 3. The smallest absolute Gasteiger partial charge is 0.138 e. The molecule has 0 amide bonds. The summed E-state index contributed by atoms with van der Waals surface area (Å²) in [7, 11) is 0. The highest BCUT2D eigenvalue weighted by molar-refractivity contribution is 7.09. The fourth-order valence-electron chi connectivity index (χ4n) is 1.40. The third-order valence-electron chi connectivity index (χ3n) is 2.34. The second kappa shape index (κ2) is 4.89. The molecule has 0 spiro atoms. The highest BCUT2D eigenvalue weighted by Gasteiger charge is 2.18. The van der Waals surface area contributed by atoms with Crippen LogP contribution in [0, 0.1) is 0 Å². The molecular formula is C12H17N5S. The number of nitrogen functional groups attached to an aromatic ring is 1. The van der Waals surface area contributed by atoms with Gasteiger partial charge in [0, 0.05) is 22.6 Å². The second-order valence-corrected chi connectivity index (χ2v) is 6.04. The molecule has 0 aromatic carbocycles. The van der Waals surface area contributed by atoms with Crippen LogP contribution in [-0.4, -0.2) is 15.0 Å². The molecule has 0 saturated carbocycles. The van der Waals surface area contributed by atoms with Crippen molar-refractivity contribution in [3.8, 4) is 0 Å². The first-order chi connectivity index (χ1) is 8.45. The molecule has 0 saturated heterocycles. The molecule has 5 nitrogen and oxygen atoms in total. The van der Waals surface area contributed by atoms with Gasteiger partial charge in [-0.25, -0.2) is 9.97 Å². The highest BCUT2D eigenvalue weighted by Crippen LogP contribution is 2.21. The normalized spacial score (nSPS) is 11.5. The molecule has 0 fully saturated rings. The summed E-state index contributed by atoms with van der Waals surface area (Å²) in [5.74, 6) is 1.98. The summed E-state index contributed by atoms with van der Waals surface area (Å²) in [6.07, 6.45) is 1.84.